The van der Waals surface area contributed by atoms with E-state index in [9.17, 15) is 0 Å². The first-order chi connectivity index (χ1) is 10.2. The molecule has 102 valence electrons. The molecular formula is C16H9BrClN3. The van der Waals surface area contributed by atoms with E-state index in [4.69, 9.17) is 11.6 Å². The Morgan fingerprint density at radius 2 is 1.86 bits per heavy atom. The molecule has 0 radical (unpaired) electrons. The second-order valence-corrected chi connectivity index (χ2v) is 6.01. The highest BCUT2D eigenvalue weighted by atomic mass is 79.9. The van der Waals surface area contributed by atoms with E-state index in [1.165, 1.54) is 0 Å². The van der Waals surface area contributed by atoms with E-state index in [1.807, 2.05) is 48.8 Å². The summed E-state index contributed by atoms with van der Waals surface area (Å²) >= 11 is 9.74. The number of fused-ring (bicyclic) bond motifs is 3. The third-order valence-electron chi connectivity index (χ3n) is 3.45. The van der Waals surface area contributed by atoms with Crippen LogP contribution in [0.1, 0.15) is 0 Å². The average molecular weight is 359 g/mol. The minimum Gasteiger partial charge on any atom is -0.297 e. The number of pyridine rings is 1. The van der Waals surface area contributed by atoms with Crippen LogP contribution >= 0.6 is 27.5 Å². The summed E-state index contributed by atoms with van der Waals surface area (Å²) in [4.78, 5) is 8.89. The van der Waals surface area contributed by atoms with Gasteiger partial charge < -0.3 is 0 Å². The molecule has 0 amide bonds. The van der Waals surface area contributed by atoms with Crippen molar-refractivity contribution in [1.29, 1.82) is 0 Å². The molecule has 0 saturated carbocycles. The first-order valence-electron chi connectivity index (χ1n) is 6.40. The van der Waals surface area contributed by atoms with Gasteiger partial charge in [-0.1, -0.05) is 23.7 Å². The van der Waals surface area contributed by atoms with Crippen LogP contribution in [0.4, 0.5) is 0 Å². The maximum absolute atomic E-state index is 6.15. The molecule has 0 fully saturated rings. The van der Waals surface area contributed by atoms with Crippen molar-refractivity contribution in [2.45, 2.75) is 0 Å². The fraction of sp³-hybridized carbons (Fsp3) is 0. The van der Waals surface area contributed by atoms with Crippen molar-refractivity contribution < 1.29 is 0 Å². The zero-order valence-corrected chi connectivity index (χ0v) is 13.1. The summed E-state index contributed by atoms with van der Waals surface area (Å²) in [7, 11) is 0. The number of aromatic nitrogens is 3. The molecule has 0 aliphatic carbocycles. The Kier molecular flexibility index (Phi) is 2.94. The van der Waals surface area contributed by atoms with Gasteiger partial charge in [0.05, 0.1) is 22.9 Å². The fourth-order valence-electron chi connectivity index (χ4n) is 2.50. The summed E-state index contributed by atoms with van der Waals surface area (Å²) in [5.74, 6) is 0. The summed E-state index contributed by atoms with van der Waals surface area (Å²) in [6.07, 6.45) is 3.60. The summed E-state index contributed by atoms with van der Waals surface area (Å²) < 4.78 is 3.07. The normalized spacial score (nSPS) is 11.3. The monoisotopic (exact) mass is 357 g/mol. The van der Waals surface area contributed by atoms with Gasteiger partial charge in [0, 0.05) is 14.9 Å². The Labute approximate surface area is 134 Å². The average Bonchev–Trinajstić information content (AvgIpc) is 2.92. The zero-order chi connectivity index (χ0) is 14.4. The molecule has 21 heavy (non-hydrogen) atoms. The Morgan fingerprint density at radius 3 is 2.71 bits per heavy atom. The van der Waals surface area contributed by atoms with Gasteiger partial charge in [-0.05, 0) is 46.3 Å². The number of halogens is 2. The lowest BCUT2D eigenvalue weighted by atomic mass is 10.2. The maximum Gasteiger partial charge on any atom is 0.108 e. The quantitative estimate of drug-likeness (QED) is 0.480. The van der Waals surface area contributed by atoms with Gasteiger partial charge in [-0.3, -0.25) is 9.55 Å². The van der Waals surface area contributed by atoms with Gasteiger partial charge in [-0.15, -0.1) is 0 Å². The molecule has 0 aliphatic rings. The number of hydrogen-bond acceptors (Lipinski definition) is 2. The lowest BCUT2D eigenvalue weighted by Gasteiger charge is -2.08. The van der Waals surface area contributed by atoms with Crippen molar-refractivity contribution in [1.82, 2.24) is 14.5 Å². The lowest BCUT2D eigenvalue weighted by molar-refractivity contribution is 1.09. The molecule has 3 nitrogen and oxygen atoms in total. The van der Waals surface area contributed by atoms with Crippen LogP contribution in [0, 0.1) is 0 Å². The number of benzene rings is 2. The van der Waals surface area contributed by atoms with Crippen LogP contribution in [-0.4, -0.2) is 14.5 Å². The molecule has 0 unspecified atom stereocenters. The predicted molar refractivity (Wildman–Crippen MR) is 89.1 cm³/mol. The highest BCUT2D eigenvalue weighted by Gasteiger charge is 2.11. The minimum atomic E-state index is 0.691. The van der Waals surface area contributed by atoms with Crippen LogP contribution < -0.4 is 0 Å². The molecule has 4 rings (SSSR count). The van der Waals surface area contributed by atoms with Crippen molar-refractivity contribution in [3.8, 4) is 5.69 Å². The van der Waals surface area contributed by atoms with Gasteiger partial charge in [0.25, 0.3) is 0 Å². The summed E-state index contributed by atoms with van der Waals surface area (Å²) in [6, 6.07) is 13.8. The minimum absolute atomic E-state index is 0.691. The highest BCUT2D eigenvalue weighted by molar-refractivity contribution is 9.10. The van der Waals surface area contributed by atoms with Gasteiger partial charge in [0.2, 0.25) is 0 Å². The number of para-hydroxylation sites is 1. The van der Waals surface area contributed by atoms with Gasteiger partial charge in [0.1, 0.15) is 11.8 Å². The molecule has 2 aromatic heterocycles. The third kappa shape index (κ3) is 2.03. The van der Waals surface area contributed by atoms with Crippen molar-refractivity contribution in [3.05, 3.63) is 64.5 Å². The second-order valence-electron chi connectivity index (χ2n) is 4.72. The van der Waals surface area contributed by atoms with Crippen LogP contribution in [-0.2, 0) is 0 Å². The second kappa shape index (κ2) is 4.83. The van der Waals surface area contributed by atoms with E-state index in [-0.39, 0.29) is 0 Å². The van der Waals surface area contributed by atoms with E-state index < -0.39 is 0 Å². The number of rotatable bonds is 1. The van der Waals surface area contributed by atoms with E-state index in [2.05, 4.69) is 30.5 Å². The van der Waals surface area contributed by atoms with Crippen LogP contribution in [0.3, 0.4) is 0 Å². The molecule has 0 N–H and O–H groups in total. The fourth-order valence-corrected chi connectivity index (χ4v) is 3.14. The van der Waals surface area contributed by atoms with Gasteiger partial charge in [0.15, 0.2) is 0 Å². The van der Waals surface area contributed by atoms with E-state index in [0.717, 1.165) is 32.1 Å². The topological polar surface area (TPSA) is 30.7 Å². The summed E-state index contributed by atoms with van der Waals surface area (Å²) in [5.41, 5.74) is 3.79. The molecule has 0 aliphatic heterocycles. The first-order valence-corrected chi connectivity index (χ1v) is 7.57. The zero-order valence-electron chi connectivity index (χ0n) is 10.8. The van der Waals surface area contributed by atoms with E-state index in [0.29, 0.717) is 5.02 Å². The molecule has 4 aromatic rings. The van der Waals surface area contributed by atoms with Crippen LogP contribution in [0.15, 0.2) is 59.5 Å². The molecule has 0 spiro atoms. The number of hydrogen-bond donors (Lipinski definition) is 0. The predicted octanol–water partition coefficient (Wildman–Crippen LogP) is 4.99. The summed E-state index contributed by atoms with van der Waals surface area (Å²) in [6.45, 7) is 0. The maximum atomic E-state index is 6.15. The Morgan fingerprint density at radius 1 is 1.00 bits per heavy atom. The van der Waals surface area contributed by atoms with Gasteiger partial charge in [-0.2, -0.15) is 0 Å². The van der Waals surface area contributed by atoms with Crippen molar-refractivity contribution >= 4 is 49.5 Å². The Bertz CT molecular complexity index is 978. The SMILES string of the molecule is Clc1ccc2ncc3ncn(-c4ccccc4Br)c3c2c1. The molecular weight excluding hydrogens is 350 g/mol. The van der Waals surface area contributed by atoms with E-state index in [1.54, 1.807) is 6.20 Å². The van der Waals surface area contributed by atoms with Crippen molar-refractivity contribution in [3.63, 3.8) is 0 Å². The molecule has 0 atom stereocenters. The Hall–Kier alpha value is -1.91. The molecule has 2 aromatic carbocycles. The molecule has 5 heteroatoms. The summed E-state index contributed by atoms with van der Waals surface area (Å²) in [5, 5.41) is 1.69. The smallest absolute Gasteiger partial charge is 0.108 e. The highest BCUT2D eigenvalue weighted by Crippen LogP contribution is 2.30. The largest absolute Gasteiger partial charge is 0.297 e. The van der Waals surface area contributed by atoms with Crippen LogP contribution in [0.25, 0.3) is 27.6 Å². The van der Waals surface area contributed by atoms with Gasteiger partial charge in [-0.25, -0.2) is 4.98 Å². The lowest BCUT2D eigenvalue weighted by Crippen LogP contribution is -1.94. The van der Waals surface area contributed by atoms with Crippen molar-refractivity contribution in [2.24, 2.45) is 0 Å². The van der Waals surface area contributed by atoms with E-state index >= 15 is 0 Å². The van der Waals surface area contributed by atoms with Crippen molar-refractivity contribution in [2.75, 3.05) is 0 Å². The first kappa shape index (κ1) is 12.8. The molecule has 0 bridgehead atoms. The molecule has 0 saturated heterocycles. The standard InChI is InChI=1S/C16H9BrClN3/c17-12-3-1-2-4-15(12)21-9-20-14-8-19-13-6-5-10(18)7-11(13)16(14)21/h1-9H. The molecule has 2 heterocycles. The van der Waals surface area contributed by atoms with Crippen LogP contribution in [0.5, 0.6) is 0 Å². The van der Waals surface area contributed by atoms with Crippen LogP contribution in [0.2, 0.25) is 5.02 Å². The third-order valence-corrected chi connectivity index (χ3v) is 4.35. The Balaban J connectivity index is 2.16. The van der Waals surface area contributed by atoms with Gasteiger partial charge >= 0.3 is 0 Å². The number of imidazole rings is 1. The number of nitrogens with zero attached hydrogens (tertiary/aromatic N) is 3.